The molecule has 0 saturated heterocycles. The van der Waals surface area contributed by atoms with E-state index in [4.69, 9.17) is 14.2 Å². The molecule has 0 aliphatic carbocycles. The van der Waals surface area contributed by atoms with Gasteiger partial charge in [-0.15, -0.1) is 0 Å². The molecule has 2 N–H and O–H groups in total. The summed E-state index contributed by atoms with van der Waals surface area (Å²) >= 11 is 0. The summed E-state index contributed by atoms with van der Waals surface area (Å²) in [6.45, 7) is 1.33. The van der Waals surface area contributed by atoms with Crippen LogP contribution in [0.15, 0.2) is 42.5 Å². The van der Waals surface area contributed by atoms with Crippen LogP contribution < -0.4 is 24.4 Å². The molecule has 6 nitrogen and oxygen atoms in total. The molecular formula is C18H21N2O4+. The van der Waals surface area contributed by atoms with Crippen molar-refractivity contribution in [2.75, 3.05) is 32.8 Å². The van der Waals surface area contributed by atoms with Gasteiger partial charge in [-0.1, -0.05) is 12.1 Å². The van der Waals surface area contributed by atoms with Crippen molar-refractivity contribution in [3.8, 4) is 17.2 Å². The van der Waals surface area contributed by atoms with Crippen molar-refractivity contribution in [3.05, 3.63) is 48.0 Å². The summed E-state index contributed by atoms with van der Waals surface area (Å²) in [5, 5.41) is 2.89. The summed E-state index contributed by atoms with van der Waals surface area (Å²) in [5.41, 5.74) is 1.83. The molecule has 0 radical (unpaired) electrons. The van der Waals surface area contributed by atoms with Gasteiger partial charge in [-0.25, -0.2) is 0 Å². The molecule has 2 aromatic rings. The second-order valence-corrected chi connectivity index (χ2v) is 5.78. The highest BCUT2D eigenvalue weighted by molar-refractivity contribution is 5.91. The Bertz CT molecular complexity index is 733. The maximum absolute atomic E-state index is 12.2. The highest BCUT2D eigenvalue weighted by Crippen LogP contribution is 2.34. The lowest BCUT2D eigenvalue weighted by molar-refractivity contribution is -0.885. The third-order valence-corrected chi connectivity index (χ3v) is 3.76. The van der Waals surface area contributed by atoms with Gasteiger partial charge in [0, 0.05) is 17.3 Å². The van der Waals surface area contributed by atoms with Crippen molar-refractivity contribution < 1.29 is 23.9 Å². The lowest BCUT2D eigenvalue weighted by Gasteiger charge is -2.14. The highest BCUT2D eigenvalue weighted by atomic mass is 16.7. The lowest BCUT2D eigenvalue weighted by Crippen LogP contribution is -3.08. The Balaban J connectivity index is 1.54. The molecule has 3 rings (SSSR count). The maximum atomic E-state index is 12.2. The fraction of sp³-hybridized carbons (Fsp3) is 0.278. The van der Waals surface area contributed by atoms with Crippen molar-refractivity contribution in [1.82, 2.24) is 0 Å². The zero-order valence-corrected chi connectivity index (χ0v) is 13.8. The van der Waals surface area contributed by atoms with E-state index in [1.165, 1.54) is 0 Å². The lowest BCUT2D eigenvalue weighted by atomic mass is 10.2. The number of carbonyl (C=O) groups excluding carboxylic acids is 1. The zero-order valence-electron chi connectivity index (χ0n) is 13.8. The second kappa shape index (κ2) is 7.23. The number of fused-ring (bicyclic) bond motifs is 1. The Morgan fingerprint density at radius 1 is 1.21 bits per heavy atom. The van der Waals surface area contributed by atoms with Gasteiger partial charge in [0.05, 0.1) is 14.2 Å². The summed E-state index contributed by atoms with van der Waals surface area (Å²) in [5.74, 6) is 2.14. The van der Waals surface area contributed by atoms with Gasteiger partial charge in [0.15, 0.2) is 18.0 Å². The fourth-order valence-corrected chi connectivity index (χ4v) is 2.65. The van der Waals surface area contributed by atoms with Crippen LogP contribution in [-0.4, -0.2) is 33.4 Å². The molecule has 1 aliphatic rings. The first-order chi connectivity index (χ1) is 11.6. The first kappa shape index (κ1) is 16.1. The standard InChI is InChI=1S/C18H20N2O4/c1-20(10-13-4-3-5-15(8-13)22-2)11-18(21)19-14-6-7-16-17(9-14)24-12-23-16/h3-9H,10-12H2,1-2H3,(H,19,21)/p+1. The Morgan fingerprint density at radius 2 is 2.04 bits per heavy atom. The van der Waals surface area contributed by atoms with Crippen LogP contribution in [0.5, 0.6) is 17.2 Å². The first-order valence-electron chi connectivity index (χ1n) is 7.78. The van der Waals surface area contributed by atoms with E-state index in [1.807, 2.05) is 37.4 Å². The number of benzene rings is 2. The molecule has 24 heavy (non-hydrogen) atoms. The second-order valence-electron chi connectivity index (χ2n) is 5.78. The smallest absolute Gasteiger partial charge is 0.279 e. The molecule has 0 spiro atoms. The van der Waals surface area contributed by atoms with Crippen LogP contribution in [0.3, 0.4) is 0 Å². The number of rotatable bonds is 6. The van der Waals surface area contributed by atoms with E-state index in [0.717, 1.165) is 22.8 Å². The van der Waals surface area contributed by atoms with Crippen molar-refractivity contribution >= 4 is 11.6 Å². The molecule has 6 heteroatoms. The Morgan fingerprint density at radius 3 is 2.88 bits per heavy atom. The monoisotopic (exact) mass is 329 g/mol. The number of anilines is 1. The molecule has 0 bridgehead atoms. The summed E-state index contributed by atoms with van der Waals surface area (Å²) < 4.78 is 15.8. The average molecular weight is 329 g/mol. The molecule has 2 aromatic carbocycles. The number of hydrogen-bond acceptors (Lipinski definition) is 4. The van der Waals surface area contributed by atoms with E-state index >= 15 is 0 Å². The predicted octanol–water partition coefficient (Wildman–Crippen LogP) is 1.08. The zero-order chi connectivity index (χ0) is 16.9. The summed E-state index contributed by atoms with van der Waals surface area (Å²) in [6, 6.07) is 13.3. The largest absolute Gasteiger partial charge is 0.497 e. The first-order valence-corrected chi connectivity index (χ1v) is 7.78. The molecule has 0 fully saturated rings. The highest BCUT2D eigenvalue weighted by Gasteiger charge is 2.15. The normalized spacial score (nSPS) is 13.4. The fourth-order valence-electron chi connectivity index (χ4n) is 2.65. The quantitative estimate of drug-likeness (QED) is 0.832. The summed E-state index contributed by atoms with van der Waals surface area (Å²) in [6.07, 6.45) is 0. The number of hydrogen-bond donors (Lipinski definition) is 2. The van der Waals surface area contributed by atoms with Crippen LogP contribution in [0.2, 0.25) is 0 Å². The average Bonchev–Trinajstić information content (AvgIpc) is 3.02. The van der Waals surface area contributed by atoms with Crippen LogP contribution in [0.4, 0.5) is 5.69 Å². The SMILES string of the molecule is COc1cccc(C[NH+](C)CC(=O)Nc2ccc3c(c2)OCO3)c1. The molecular weight excluding hydrogens is 308 g/mol. The third-order valence-electron chi connectivity index (χ3n) is 3.76. The maximum Gasteiger partial charge on any atom is 0.279 e. The van der Waals surface area contributed by atoms with Crippen LogP contribution in [-0.2, 0) is 11.3 Å². The van der Waals surface area contributed by atoms with E-state index in [1.54, 1.807) is 19.2 Å². The van der Waals surface area contributed by atoms with Gasteiger partial charge < -0.3 is 24.4 Å². The number of carbonyl (C=O) groups is 1. The van der Waals surface area contributed by atoms with Crippen molar-refractivity contribution in [2.45, 2.75) is 6.54 Å². The van der Waals surface area contributed by atoms with Gasteiger partial charge in [-0.2, -0.15) is 0 Å². The minimum atomic E-state index is -0.0470. The number of ether oxygens (including phenoxy) is 3. The van der Waals surface area contributed by atoms with Crippen LogP contribution >= 0.6 is 0 Å². The van der Waals surface area contributed by atoms with Gasteiger partial charge in [-0.3, -0.25) is 4.79 Å². The third kappa shape index (κ3) is 3.97. The minimum Gasteiger partial charge on any atom is -0.497 e. The van der Waals surface area contributed by atoms with Gasteiger partial charge in [-0.05, 0) is 24.3 Å². The van der Waals surface area contributed by atoms with Gasteiger partial charge in [0.25, 0.3) is 5.91 Å². The van der Waals surface area contributed by atoms with Gasteiger partial charge >= 0.3 is 0 Å². The van der Waals surface area contributed by atoms with E-state index in [0.29, 0.717) is 23.7 Å². The van der Waals surface area contributed by atoms with E-state index in [-0.39, 0.29) is 12.7 Å². The molecule has 1 unspecified atom stereocenters. The van der Waals surface area contributed by atoms with Crippen molar-refractivity contribution in [1.29, 1.82) is 0 Å². The van der Waals surface area contributed by atoms with Crippen LogP contribution in [0.1, 0.15) is 5.56 Å². The molecule has 0 aromatic heterocycles. The van der Waals surface area contributed by atoms with E-state index in [2.05, 4.69) is 5.32 Å². The van der Waals surface area contributed by atoms with Crippen LogP contribution in [0.25, 0.3) is 0 Å². The molecule has 1 atom stereocenters. The van der Waals surface area contributed by atoms with Crippen LogP contribution in [0, 0.1) is 0 Å². The molecule has 126 valence electrons. The Labute approximate surface area is 140 Å². The van der Waals surface area contributed by atoms with Crippen molar-refractivity contribution in [2.24, 2.45) is 0 Å². The topological polar surface area (TPSA) is 61.2 Å². The van der Waals surface area contributed by atoms with Gasteiger partial charge in [0.1, 0.15) is 12.3 Å². The number of quaternary nitrogens is 1. The number of likely N-dealkylation sites (N-methyl/N-ethyl adjacent to an activating group) is 1. The predicted molar refractivity (Wildman–Crippen MR) is 89.6 cm³/mol. The summed E-state index contributed by atoms with van der Waals surface area (Å²) in [7, 11) is 3.63. The number of nitrogens with one attached hydrogen (secondary N) is 2. The molecule has 1 heterocycles. The van der Waals surface area contributed by atoms with E-state index in [9.17, 15) is 4.79 Å². The molecule has 1 amide bonds. The number of amides is 1. The molecule has 1 aliphatic heterocycles. The van der Waals surface area contributed by atoms with E-state index < -0.39 is 0 Å². The number of methoxy groups -OCH3 is 1. The molecule has 0 saturated carbocycles. The van der Waals surface area contributed by atoms with Crippen molar-refractivity contribution in [3.63, 3.8) is 0 Å². The summed E-state index contributed by atoms with van der Waals surface area (Å²) in [4.78, 5) is 13.3. The Hall–Kier alpha value is -2.73. The van der Waals surface area contributed by atoms with Gasteiger partial charge in [0.2, 0.25) is 6.79 Å². The Kier molecular flexibility index (Phi) is 4.86. The minimum absolute atomic E-state index is 0.0470.